The second-order valence-corrected chi connectivity index (χ2v) is 10.1. The summed E-state index contributed by atoms with van der Waals surface area (Å²) in [4.78, 5) is 12.9. The van der Waals surface area contributed by atoms with Gasteiger partial charge in [0.2, 0.25) is 10.0 Å². The molecule has 2 aromatic heterocycles. The fourth-order valence-electron chi connectivity index (χ4n) is 2.99. The zero-order valence-electron chi connectivity index (χ0n) is 15.1. The molecule has 0 unspecified atom stereocenters. The maximum Gasteiger partial charge on any atom is 0.214 e. The lowest BCUT2D eigenvalue weighted by Gasteiger charge is -2.29. The summed E-state index contributed by atoms with van der Waals surface area (Å²) in [6.45, 7) is 4.28. The minimum absolute atomic E-state index is 0.0711. The number of sulfonamides is 1. The minimum Gasteiger partial charge on any atom is -0.361 e. The summed E-state index contributed by atoms with van der Waals surface area (Å²) in [5.74, 6) is 0.540. The lowest BCUT2D eigenvalue weighted by Crippen LogP contribution is -2.41. The molecular weight excluding hydrogens is 370 g/mol. The third kappa shape index (κ3) is 4.99. The van der Waals surface area contributed by atoms with Crippen molar-refractivity contribution < 1.29 is 8.42 Å². The van der Waals surface area contributed by atoms with Crippen LogP contribution in [-0.4, -0.2) is 41.2 Å². The van der Waals surface area contributed by atoms with Gasteiger partial charge in [0.25, 0.3) is 0 Å². The molecule has 2 heterocycles. The first-order valence-electron chi connectivity index (χ1n) is 8.91. The molecule has 0 aromatic carbocycles. The van der Waals surface area contributed by atoms with E-state index in [9.17, 15) is 8.42 Å². The molecule has 9 heteroatoms. The number of nitrogens with zero attached hydrogens (tertiary/aromatic N) is 3. The lowest BCUT2D eigenvalue weighted by atomic mass is 9.86. The van der Waals surface area contributed by atoms with E-state index in [1.807, 2.05) is 5.38 Å². The molecule has 3 rings (SSSR count). The second kappa shape index (κ2) is 8.41. The van der Waals surface area contributed by atoms with Gasteiger partial charge in [0.1, 0.15) is 11.4 Å². The SMILES string of the molecule is CC(C)S(=O)(=O)NC1CCC(CNc2nc(-c3cnccn3)cs2)CC1. The number of thiazole rings is 1. The highest BCUT2D eigenvalue weighted by Crippen LogP contribution is 2.27. The first-order valence-corrected chi connectivity index (χ1v) is 11.3. The van der Waals surface area contributed by atoms with Gasteiger partial charge in [-0.05, 0) is 45.4 Å². The Bertz CT molecular complexity index is 800. The summed E-state index contributed by atoms with van der Waals surface area (Å²) in [6.07, 6.45) is 8.82. The van der Waals surface area contributed by atoms with E-state index in [0.29, 0.717) is 5.92 Å². The van der Waals surface area contributed by atoms with Crippen molar-refractivity contribution in [2.24, 2.45) is 5.92 Å². The molecule has 142 valence electrons. The van der Waals surface area contributed by atoms with Gasteiger partial charge in [0.15, 0.2) is 5.13 Å². The zero-order valence-corrected chi connectivity index (χ0v) is 16.7. The molecule has 0 radical (unpaired) electrons. The van der Waals surface area contributed by atoms with Gasteiger partial charge in [0, 0.05) is 30.4 Å². The molecule has 2 aromatic rings. The topological polar surface area (TPSA) is 96.9 Å². The van der Waals surface area contributed by atoms with E-state index in [2.05, 4.69) is 25.0 Å². The molecule has 0 atom stereocenters. The van der Waals surface area contributed by atoms with Crippen molar-refractivity contribution in [1.29, 1.82) is 0 Å². The normalized spacial score (nSPS) is 21.0. The Morgan fingerprint density at radius 2 is 1.96 bits per heavy atom. The first-order chi connectivity index (χ1) is 12.4. The molecule has 7 nitrogen and oxygen atoms in total. The number of rotatable bonds is 7. The maximum absolute atomic E-state index is 12.0. The van der Waals surface area contributed by atoms with Gasteiger partial charge in [-0.25, -0.2) is 18.1 Å². The number of hydrogen-bond donors (Lipinski definition) is 2. The number of hydrogen-bond acceptors (Lipinski definition) is 7. The van der Waals surface area contributed by atoms with Crippen molar-refractivity contribution in [1.82, 2.24) is 19.7 Å². The zero-order chi connectivity index (χ0) is 18.6. The third-order valence-electron chi connectivity index (χ3n) is 4.67. The summed E-state index contributed by atoms with van der Waals surface area (Å²) >= 11 is 1.56. The minimum atomic E-state index is -3.18. The average molecular weight is 396 g/mol. The van der Waals surface area contributed by atoms with E-state index in [-0.39, 0.29) is 11.3 Å². The molecule has 0 aliphatic heterocycles. The summed E-state index contributed by atoms with van der Waals surface area (Å²) < 4.78 is 26.8. The number of nitrogens with one attached hydrogen (secondary N) is 2. The Kier molecular flexibility index (Phi) is 6.20. The van der Waals surface area contributed by atoms with Gasteiger partial charge in [-0.1, -0.05) is 0 Å². The molecule has 26 heavy (non-hydrogen) atoms. The first kappa shape index (κ1) is 19.2. The van der Waals surface area contributed by atoms with Crippen LogP contribution in [0.2, 0.25) is 0 Å². The van der Waals surface area contributed by atoms with Crippen molar-refractivity contribution in [3.05, 3.63) is 24.0 Å². The highest BCUT2D eigenvalue weighted by atomic mass is 32.2. The fourth-order valence-corrected chi connectivity index (χ4v) is 4.68. The molecule has 0 saturated heterocycles. The lowest BCUT2D eigenvalue weighted by molar-refractivity contribution is 0.323. The van der Waals surface area contributed by atoms with Crippen LogP contribution >= 0.6 is 11.3 Å². The monoisotopic (exact) mass is 395 g/mol. The second-order valence-electron chi connectivity index (χ2n) is 6.94. The molecule has 0 bridgehead atoms. The van der Waals surface area contributed by atoms with Crippen LogP contribution in [0, 0.1) is 5.92 Å². The Labute approximate surface area is 158 Å². The summed E-state index contributed by atoms with van der Waals surface area (Å²) in [5.41, 5.74) is 1.60. The smallest absolute Gasteiger partial charge is 0.214 e. The van der Waals surface area contributed by atoms with Gasteiger partial charge < -0.3 is 5.32 Å². The van der Waals surface area contributed by atoms with Gasteiger partial charge in [-0.2, -0.15) is 0 Å². The quantitative estimate of drug-likeness (QED) is 0.748. The highest BCUT2D eigenvalue weighted by molar-refractivity contribution is 7.90. The van der Waals surface area contributed by atoms with E-state index in [1.54, 1.807) is 43.8 Å². The van der Waals surface area contributed by atoms with E-state index in [0.717, 1.165) is 48.7 Å². The summed E-state index contributed by atoms with van der Waals surface area (Å²) in [5, 5.41) is 5.89. The van der Waals surface area contributed by atoms with Gasteiger partial charge in [-0.15, -0.1) is 11.3 Å². The molecule has 2 N–H and O–H groups in total. The number of anilines is 1. The predicted molar refractivity (Wildman–Crippen MR) is 105 cm³/mol. The molecule has 1 aliphatic carbocycles. The van der Waals surface area contributed by atoms with Gasteiger partial charge >= 0.3 is 0 Å². The van der Waals surface area contributed by atoms with Crippen molar-refractivity contribution in [2.75, 3.05) is 11.9 Å². The predicted octanol–water partition coefficient (Wildman–Crippen LogP) is 2.90. The van der Waals surface area contributed by atoms with Crippen LogP contribution in [-0.2, 0) is 10.0 Å². The van der Waals surface area contributed by atoms with E-state index < -0.39 is 10.0 Å². The van der Waals surface area contributed by atoms with Crippen LogP contribution in [0.25, 0.3) is 11.4 Å². The van der Waals surface area contributed by atoms with Gasteiger partial charge in [0.05, 0.1) is 11.4 Å². The van der Waals surface area contributed by atoms with Crippen molar-refractivity contribution in [3.63, 3.8) is 0 Å². The van der Waals surface area contributed by atoms with Crippen LogP contribution in [0.4, 0.5) is 5.13 Å². The van der Waals surface area contributed by atoms with Crippen molar-refractivity contribution >= 4 is 26.5 Å². The molecule has 1 aliphatic rings. The summed E-state index contributed by atoms with van der Waals surface area (Å²) in [7, 11) is -3.18. The molecule has 0 spiro atoms. The maximum atomic E-state index is 12.0. The Morgan fingerprint density at radius 3 is 2.62 bits per heavy atom. The fraction of sp³-hybridized carbons (Fsp3) is 0.588. The number of aromatic nitrogens is 3. The highest BCUT2D eigenvalue weighted by Gasteiger charge is 2.26. The van der Waals surface area contributed by atoms with Crippen LogP contribution in [0.3, 0.4) is 0 Å². The average Bonchev–Trinajstić information content (AvgIpc) is 3.10. The molecule has 1 fully saturated rings. The van der Waals surface area contributed by atoms with Crippen molar-refractivity contribution in [2.45, 2.75) is 50.8 Å². The van der Waals surface area contributed by atoms with E-state index >= 15 is 0 Å². The van der Waals surface area contributed by atoms with Crippen LogP contribution < -0.4 is 10.0 Å². The van der Waals surface area contributed by atoms with E-state index in [1.165, 1.54) is 0 Å². The largest absolute Gasteiger partial charge is 0.361 e. The van der Waals surface area contributed by atoms with Crippen molar-refractivity contribution in [3.8, 4) is 11.4 Å². The summed E-state index contributed by atoms with van der Waals surface area (Å²) in [6, 6.07) is 0.0711. The van der Waals surface area contributed by atoms with Gasteiger partial charge in [-0.3, -0.25) is 9.97 Å². The molecule has 1 saturated carbocycles. The van der Waals surface area contributed by atoms with Crippen LogP contribution in [0.5, 0.6) is 0 Å². The third-order valence-corrected chi connectivity index (χ3v) is 7.37. The Balaban J connectivity index is 1.45. The Morgan fingerprint density at radius 1 is 1.19 bits per heavy atom. The standard InChI is InChI=1S/C17H25N5O2S2/c1-12(2)26(23,24)22-14-5-3-13(4-6-14)9-20-17-21-16(11-25-17)15-10-18-7-8-19-15/h7-8,10-14,22H,3-6,9H2,1-2H3,(H,20,21). The molecule has 0 amide bonds. The van der Waals surface area contributed by atoms with Crippen LogP contribution in [0.15, 0.2) is 24.0 Å². The Hall–Kier alpha value is -1.58. The molecular formula is C17H25N5O2S2. The van der Waals surface area contributed by atoms with E-state index in [4.69, 9.17) is 0 Å². The van der Waals surface area contributed by atoms with Crippen LogP contribution in [0.1, 0.15) is 39.5 Å².